The predicted octanol–water partition coefficient (Wildman–Crippen LogP) is 2.15. The van der Waals surface area contributed by atoms with Crippen LogP contribution in [0.15, 0.2) is 24.3 Å². The summed E-state index contributed by atoms with van der Waals surface area (Å²) < 4.78 is 0. The lowest BCUT2D eigenvalue weighted by atomic mass is 9.99. The van der Waals surface area contributed by atoms with E-state index in [-0.39, 0.29) is 11.6 Å². The smallest absolute Gasteiger partial charge is 0.269 e. The Morgan fingerprint density at radius 3 is 2.27 bits per heavy atom. The predicted molar refractivity (Wildman–Crippen MR) is 57.6 cm³/mol. The monoisotopic (exact) mass is 209 g/mol. The summed E-state index contributed by atoms with van der Waals surface area (Å²) in [6, 6.07) is 6.29. The lowest BCUT2D eigenvalue weighted by Crippen LogP contribution is -2.17. The van der Waals surface area contributed by atoms with E-state index in [0.717, 1.165) is 5.56 Å². The molecule has 1 N–H and O–H groups in total. The van der Waals surface area contributed by atoms with E-state index < -0.39 is 11.0 Å². The maximum atomic E-state index is 10.4. The van der Waals surface area contributed by atoms with Crippen LogP contribution in [0.3, 0.4) is 0 Å². The van der Waals surface area contributed by atoms with E-state index in [4.69, 9.17) is 0 Å². The summed E-state index contributed by atoms with van der Waals surface area (Å²) in [5, 5.41) is 20.0. The molecule has 0 aromatic heterocycles. The third kappa shape index (κ3) is 3.32. The van der Waals surface area contributed by atoms with Crippen molar-refractivity contribution in [2.45, 2.75) is 26.4 Å². The number of nitro groups is 1. The minimum atomic E-state index is -0.428. The summed E-state index contributed by atoms with van der Waals surface area (Å²) in [5.41, 5.74) is 1.000. The Hall–Kier alpha value is -1.42. The lowest BCUT2D eigenvalue weighted by Gasteiger charge is -2.13. The van der Waals surface area contributed by atoms with Gasteiger partial charge in [0.2, 0.25) is 0 Å². The topological polar surface area (TPSA) is 63.4 Å². The molecule has 0 amide bonds. The van der Waals surface area contributed by atoms with Gasteiger partial charge in [0.25, 0.3) is 5.69 Å². The molecule has 1 atom stereocenters. The second-order valence-electron chi connectivity index (χ2n) is 3.94. The van der Waals surface area contributed by atoms with Crippen molar-refractivity contribution in [1.82, 2.24) is 0 Å². The van der Waals surface area contributed by atoms with Gasteiger partial charge in [0, 0.05) is 12.1 Å². The fourth-order valence-corrected chi connectivity index (χ4v) is 1.23. The summed E-state index contributed by atoms with van der Waals surface area (Å²) >= 11 is 0. The van der Waals surface area contributed by atoms with Crippen molar-refractivity contribution in [3.05, 3.63) is 39.9 Å². The number of hydrogen-bond donors (Lipinski definition) is 1. The van der Waals surface area contributed by atoms with Crippen LogP contribution >= 0.6 is 0 Å². The number of rotatable bonds is 4. The number of non-ortho nitro benzene ring substituents is 1. The fourth-order valence-electron chi connectivity index (χ4n) is 1.23. The fraction of sp³-hybridized carbons (Fsp3) is 0.455. The van der Waals surface area contributed by atoms with E-state index >= 15 is 0 Å². The second kappa shape index (κ2) is 4.89. The quantitative estimate of drug-likeness (QED) is 0.610. The van der Waals surface area contributed by atoms with Crippen molar-refractivity contribution in [3.63, 3.8) is 0 Å². The van der Waals surface area contributed by atoms with Crippen LogP contribution in [0.25, 0.3) is 0 Å². The minimum Gasteiger partial charge on any atom is -0.393 e. The molecule has 0 aliphatic rings. The first-order valence-corrected chi connectivity index (χ1v) is 4.92. The minimum absolute atomic E-state index is 0.0813. The molecule has 0 aliphatic carbocycles. The average molecular weight is 209 g/mol. The average Bonchev–Trinajstić information content (AvgIpc) is 2.18. The first-order chi connectivity index (χ1) is 7.00. The molecule has 0 heterocycles. The molecule has 0 bridgehead atoms. The van der Waals surface area contributed by atoms with Crippen LogP contribution < -0.4 is 0 Å². The summed E-state index contributed by atoms with van der Waals surface area (Å²) in [6.07, 6.45) is 0.141. The Kier molecular flexibility index (Phi) is 3.80. The zero-order valence-corrected chi connectivity index (χ0v) is 8.88. The van der Waals surface area contributed by atoms with E-state index in [9.17, 15) is 15.2 Å². The number of aliphatic hydroxyl groups excluding tert-OH is 1. The maximum Gasteiger partial charge on any atom is 0.269 e. The van der Waals surface area contributed by atoms with Crippen LogP contribution in [-0.2, 0) is 6.42 Å². The SMILES string of the molecule is CC(C)C(O)Cc1ccc([N+](=O)[O-])cc1. The van der Waals surface area contributed by atoms with Crippen molar-refractivity contribution in [3.8, 4) is 0 Å². The Bertz CT molecular complexity index is 332. The van der Waals surface area contributed by atoms with Crippen molar-refractivity contribution in [1.29, 1.82) is 0 Å². The van der Waals surface area contributed by atoms with Crippen molar-refractivity contribution >= 4 is 5.69 Å². The molecule has 1 unspecified atom stereocenters. The van der Waals surface area contributed by atoms with Gasteiger partial charge in [-0.1, -0.05) is 26.0 Å². The van der Waals surface area contributed by atoms with Gasteiger partial charge in [-0.05, 0) is 17.9 Å². The number of aliphatic hydroxyl groups is 1. The van der Waals surface area contributed by atoms with Gasteiger partial charge in [-0.25, -0.2) is 0 Å². The molecule has 1 aromatic rings. The molecule has 0 saturated heterocycles. The Morgan fingerprint density at radius 1 is 1.33 bits per heavy atom. The van der Waals surface area contributed by atoms with Crippen LogP contribution in [0.1, 0.15) is 19.4 Å². The van der Waals surface area contributed by atoms with Crippen LogP contribution in [0.2, 0.25) is 0 Å². The van der Waals surface area contributed by atoms with Crippen molar-refractivity contribution in [2.75, 3.05) is 0 Å². The van der Waals surface area contributed by atoms with Gasteiger partial charge in [0.15, 0.2) is 0 Å². The second-order valence-corrected chi connectivity index (χ2v) is 3.94. The van der Waals surface area contributed by atoms with E-state index in [1.807, 2.05) is 13.8 Å². The third-order valence-electron chi connectivity index (χ3n) is 2.36. The molecule has 4 nitrogen and oxygen atoms in total. The van der Waals surface area contributed by atoms with Crippen molar-refractivity contribution < 1.29 is 10.0 Å². The van der Waals surface area contributed by atoms with Gasteiger partial charge < -0.3 is 5.11 Å². The first kappa shape index (κ1) is 11.7. The molecule has 4 heteroatoms. The molecule has 0 aliphatic heterocycles. The molecule has 1 aromatic carbocycles. The summed E-state index contributed by atoms with van der Waals surface area (Å²) in [6.45, 7) is 3.88. The molecule has 0 fully saturated rings. The van der Waals surface area contributed by atoms with E-state index in [1.54, 1.807) is 12.1 Å². The van der Waals surface area contributed by atoms with E-state index in [0.29, 0.717) is 6.42 Å². The zero-order chi connectivity index (χ0) is 11.4. The van der Waals surface area contributed by atoms with Crippen LogP contribution in [0.5, 0.6) is 0 Å². The van der Waals surface area contributed by atoms with E-state index in [1.165, 1.54) is 12.1 Å². The van der Waals surface area contributed by atoms with Gasteiger partial charge in [0.05, 0.1) is 11.0 Å². The highest BCUT2D eigenvalue weighted by Crippen LogP contribution is 2.15. The van der Waals surface area contributed by atoms with Crippen LogP contribution in [0, 0.1) is 16.0 Å². The summed E-state index contributed by atoms with van der Waals surface area (Å²) in [7, 11) is 0. The molecular formula is C11H15NO3. The van der Waals surface area contributed by atoms with E-state index in [2.05, 4.69) is 0 Å². The molecule has 82 valence electrons. The lowest BCUT2D eigenvalue weighted by molar-refractivity contribution is -0.384. The maximum absolute atomic E-state index is 10.4. The van der Waals surface area contributed by atoms with Crippen LogP contribution in [-0.4, -0.2) is 16.1 Å². The third-order valence-corrected chi connectivity index (χ3v) is 2.36. The molecular weight excluding hydrogens is 194 g/mol. The summed E-state index contributed by atoms with van der Waals surface area (Å²) in [5.74, 6) is 0.195. The van der Waals surface area contributed by atoms with Gasteiger partial charge in [0.1, 0.15) is 0 Å². The number of nitrogens with zero attached hydrogens (tertiary/aromatic N) is 1. The standard InChI is InChI=1S/C11H15NO3/c1-8(2)11(13)7-9-3-5-10(6-4-9)12(14)15/h3-6,8,11,13H,7H2,1-2H3. The molecule has 1 rings (SSSR count). The van der Waals surface area contributed by atoms with Gasteiger partial charge >= 0.3 is 0 Å². The summed E-state index contributed by atoms with van der Waals surface area (Å²) in [4.78, 5) is 9.97. The normalized spacial score (nSPS) is 12.8. The van der Waals surface area contributed by atoms with Crippen LogP contribution in [0.4, 0.5) is 5.69 Å². The van der Waals surface area contributed by atoms with Gasteiger partial charge in [-0.3, -0.25) is 10.1 Å². The molecule has 0 spiro atoms. The highest BCUT2D eigenvalue weighted by Gasteiger charge is 2.11. The van der Waals surface area contributed by atoms with Crippen molar-refractivity contribution in [2.24, 2.45) is 5.92 Å². The number of hydrogen-bond acceptors (Lipinski definition) is 3. The highest BCUT2D eigenvalue weighted by molar-refractivity contribution is 5.33. The number of nitro benzene ring substituents is 1. The molecule has 0 radical (unpaired) electrons. The Balaban J connectivity index is 2.68. The largest absolute Gasteiger partial charge is 0.393 e. The first-order valence-electron chi connectivity index (χ1n) is 4.92. The van der Waals surface area contributed by atoms with Gasteiger partial charge in [-0.15, -0.1) is 0 Å². The Labute approximate surface area is 88.7 Å². The Morgan fingerprint density at radius 2 is 1.87 bits per heavy atom. The zero-order valence-electron chi connectivity index (χ0n) is 8.88. The highest BCUT2D eigenvalue weighted by atomic mass is 16.6. The van der Waals surface area contributed by atoms with Gasteiger partial charge in [-0.2, -0.15) is 0 Å². The molecule has 0 saturated carbocycles. The number of benzene rings is 1. The molecule has 15 heavy (non-hydrogen) atoms.